The first-order valence-corrected chi connectivity index (χ1v) is 15.7. The highest BCUT2D eigenvalue weighted by Gasteiger charge is 2.42. The Bertz CT molecular complexity index is 1710. The van der Waals surface area contributed by atoms with E-state index in [0.29, 0.717) is 35.6 Å². The third kappa shape index (κ3) is 5.91. The Kier molecular flexibility index (Phi) is 8.38. The number of hydrogen-bond donors (Lipinski definition) is 3. The number of carbonyl (C=O) groups is 3. The van der Waals surface area contributed by atoms with E-state index in [1.54, 1.807) is 24.3 Å². The number of amides is 2. The van der Waals surface area contributed by atoms with Gasteiger partial charge in [-0.1, -0.05) is 80.6 Å². The van der Waals surface area contributed by atoms with Crippen molar-refractivity contribution in [2.45, 2.75) is 69.2 Å². The zero-order chi connectivity index (χ0) is 30.7. The second-order valence-corrected chi connectivity index (χ2v) is 12.2. The number of anilines is 1. The van der Waals surface area contributed by atoms with E-state index in [9.17, 15) is 14.4 Å². The molecular formula is C37H39N3O4. The van der Waals surface area contributed by atoms with Gasteiger partial charge in [0.25, 0.3) is 5.91 Å². The first-order chi connectivity index (χ1) is 21.3. The van der Waals surface area contributed by atoms with Crippen molar-refractivity contribution >= 4 is 40.4 Å². The predicted octanol–water partition coefficient (Wildman–Crippen LogP) is 7.67. The minimum absolute atomic E-state index is 0.233. The number of aromatic nitrogens is 1. The SMILES string of the molecule is Cn1c(-c2ccccc2)c(C2CCCCC2)c2ccc(C(=O)NC3(C(=O)Nc4ccc(/C=C/C(=O)O)cc4)CCCC3)cc21. The van der Waals surface area contributed by atoms with Gasteiger partial charge in [0.15, 0.2) is 0 Å². The summed E-state index contributed by atoms with van der Waals surface area (Å²) in [5, 5.41) is 16.2. The second kappa shape index (κ2) is 12.5. The molecule has 0 saturated heterocycles. The Labute approximate surface area is 258 Å². The molecule has 0 bridgehead atoms. The summed E-state index contributed by atoms with van der Waals surface area (Å²) in [7, 11) is 2.09. The number of aliphatic carboxylic acids is 1. The molecule has 3 aromatic carbocycles. The van der Waals surface area contributed by atoms with Crippen molar-refractivity contribution in [2.24, 2.45) is 7.05 Å². The quantitative estimate of drug-likeness (QED) is 0.184. The fourth-order valence-electron chi connectivity index (χ4n) is 7.13. The van der Waals surface area contributed by atoms with Crippen LogP contribution in [-0.2, 0) is 16.6 Å². The maximum Gasteiger partial charge on any atom is 0.328 e. The fraction of sp³-hybridized carbons (Fsp3) is 0.324. The summed E-state index contributed by atoms with van der Waals surface area (Å²) < 4.78 is 2.23. The van der Waals surface area contributed by atoms with Crippen LogP contribution >= 0.6 is 0 Å². The smallest absolute Gasteiger partial charge is 0.328 e. The van der Waals surface area contributed by atoms with Crippen molar-refractivity contribution in [3.05, 3.63) is 95.6 Å². The van der Waals surface area contributed by atoms with Gasteiger partial charge in [0.05, 0.1) is 5.69 Å². The molecule has 0 aliphatic heterocycles. The first-order valence-electron chi connectivity index (χ1n) is 15.7. The third-order valence-electron chi connectivity index (χ3n) is 9.39. The number of carboxylic acids is 1. The highest BCUT2D eigenvalue weighted by Crippen LogP contribution is 2.44. The molecule has 2 fully saturated rings. The molecule has 226 valence electrons. The van der Waals surface area contributed by atoms with E-state index < -0.39 is 11.5 Å². The van der Waals surface area contributed by atoms with E-state index in [-0.39, 0.29) is 11.8 Å². The number of aryl methyl sites for hydroxylation is 1. The average molecular weight is 590 g/mol. The van der Waals surface area contributed by atoms with Gasteiger partial charge >= 0.3 is 5.97 Å². The molecule has 2 aliphatic rings. The normalized spacial score (nSPS) is 16.8. The highest BCUT2D eigenvalue weighted by molar-refractivity contribution is 6.06. The zero-order valence-corrected chi connectivity index (χ0v) is 25.1. The van der Waals surface area contributed by atoms with Gasteiger partial charge in [-0.15, -0.1) is 0 Å². The zero-order valence-electron chi connectivity index (χ0n) is 25.1. The molecule has 2 amide bonds. The van der Waals surface area contributed by atoms with Crippen molar-refractivity contribution in [1.82, 2.24) is 9.88 Å². The largest absolute Gasteiger partial charge is 0.478 e. The van der Waals surface area contributed by atoms with E-state index in [1.807, 2.05) is 18.2 Å². The maximum atomic E-state index is 13.8. The molecule has 2 saturated carbocycles. The lowest BCUT2D eigenvalue weighted by Crippen LogP contribution is -2.55. The van der Waals surface area contributed by atoms with Crippen LogP contribution in [0.25, 0.3) is 28.2 Å². The summed E-state index contributed by atoms with van der Waals surface area (Å²) in [4.78, 5) is 38.2. The molecule has 44 heavy (non-hydrogen) atoms. The van der Waals surface area contributed by atoms with Crippen molar-refractivity contribution in [1.29, 1.82) is 0 Å². The average Bonchev–Trinajstić information content (AvgIpc) is 3.64. The fourth-order valence-corrected chi connectivity index (χ4v) is 7.13. The van der Waals surface area contributed by atoms with Crippen LogP contribution in [0.3, 0.4) is 0 Å². The molecule has 0 radical (unpaired) electrons. The van der Waals surface area contributed by atoms with Crippen LogP contribution in [-0.4, -0.2) is 33.0 Å². The van der Waals surface area contributed by atoms with Crippen molar-refractivity contribution < 1.29 is 19.5 Å². The highest BCUT2D eigenvalue weighted by atomic mass is 16.4. The van der Waals surface area contributed by atoms with Gasteiger partial charge < -0.3 is 20.3 Å². The van der Waals surface area contributed by atoms with Crippen LogP contribution in [0.2, 0.25) is 0 Å². The number of hydrogen-bond acceptors (Lipinski definition) is 3. The van der Waals surface area contributed by atoms with Gasteiger partial charge in [-0.05, 0) is 78.6 Å². The number of carboxylic acid groups (broad SMARTS) is 1. The molecule has 0 unspecified atom stereocenters. The van der Waals surface area contributed by atoms with E-state index in [1.165, 1.54) is 60.4 Å². The Morgan fingerprint density at radius 2 is 1.59 bits per heavy atom. The molecule has 1 heterocycles. The summed E-state index contributed by atoms with van der Waals surface area (Å²) in [5.41, 5.74) is 5.68. The molecule has 7 nitrogen and oxygen atoms in total. The molecule has 6 rings (SSSR count). The standard InChI is InChI=1S/C37H39N3O4/c1-40-31-24-28(17-20-30(31)33(26-10-4-2-5-11-26)34(40)27-12-6-3-7-13-27)35(43)39-37(22-8-9-23-37)36(44)38-29-18-14-25(15-19-29)16-21-32(41)42/h3,6-7,12-21,24,26H,2,4-5,8-11,22-23H2,1H3,(H,38,44)(H,39,43)(H,41,42)/b21-16+. The van der Waals surface area contributed by atoms with Crippen molar-refractivity contribution in [2.75, 3.05) is 5.32 Å². The topological polar surface area (TPSA) is 100 Å². The van der Waals surface area contributed by atoms with E-state index in [2.05, 4.69) is 52.6 Å². The molecule has 0 spiro atoms. The molecule has 4 aromatic rings. The number of nitrogens with zero attached hydrogens (tertiary/aromatic N) is 1. The lowest BCUT2D eigenvalue weighted by molar-refractivity contribution is -0.131. The summed E-state index contributed by atoms with van der Waals surface area (Å²) in [6, 6.07) is 23.5. The van der Waals surface area contributed by atoms with E-state index in [4.69, 9.17) is 5.11 Å². The van der Waals surface area contributed by atoms with E-state index >= 15 is 0 Å². The second-order valence-electron chi connectivity index (χ2n) is 12.2. The third-order valence-corrected chi connectivity index (χ3v) is 9.39. The van der Waals surface area contributed by atoms with Crippen LogP contribution in [0.4, 0.5) is 5.69 Å². The summed E-state index contributed by atoms with van der Waals surface area (Å²) in [6.07, 6.45) is 11.6. The van der Waals surface area contributed by atoms with Gasteiger partial charge in [-0.25, -0.2) is 4.79 Å². The van der Waals surface area contributed by atoms with Crippen LogP contribution in [0.1, 0.15) is 85.2 Å². The summed E-state index contributed by atoms with van der Waals surface area (Å²) in [6.45, 7) is 0. The minimum atomic E-state index is -1.02. The predicted molar refractivity (Wildman–Crippen MR) is 175 cm³/mol. The Morgan fingerprint density at radius 1 is 0.886 bits per heavy atom. The lowest BCUT2D eigenvalue weighted by atomic mass is 9.82. The van der Waals surface area contributed by atoms with Crippen LogP contribution in [0.15, 0.2) is 78.9 Å². The first kappa shape index (κ1) is 29.4. The van der Waals surface area contributed by atoms with Gasteiger partial charge in [0.2, 0.25) is 5.91 Å². The van der Waals surface area contributed by atoms with Gasteiger partial charge in [0.1, 0.15) is 5.54 Å². The Hall–Kier alpha value is -4.65. The monoisotopic (exact) mass is 589 g/mol. The molecule has 7 heteroatoms. The molecular weight excluding hydrogens is 550 g/mol. The Balaban J connectivity index is 1.27. The van der Waals surface area contributed by atoms with Crippen LogP contribution in [0.5, 0.6) is 0 Å². The number of rotatable bonds is 8. The van der Waals surface area contributed by atoms with E-state index in [0.717, 1.165) is 24.4 Å². The summed E-state index contributed by atoms with van der Waals surface area (Å²) in [5.74, 6) is -1.01. The molecule has 0 atom stereocenters. The van der Waals surface area contributed by atoms with Crippen molar-refractivity contribution in [3.63, 3.8) is 0 Å². The Morgan fingerprint density at radius 3 is 2.27 bits per heavy atom. The van der Waals surface area contributed by atoms with Crippen molar-refractivity contribution in [3.8, 4) is 11.3 Å². The number of fused-ring (bicyclic) bond motifs is 1. The molecule has 3 N–H and O–H groups in total. The van der Waals surface area contributed by atoms with Gasteiger partial charge in [-0.3, -0.25) is 9.59 Å². The number of benzene rings is 3. The molecule has 2 aliphatic carbocycles. The minimum Gasteiger partial charge on any atom is -0.478 e. The van der Waals surface area contributed by atoms with Crippen LogP contribution < -0.4 is 10.6 Å². The molecule has 1 aromatic heterocycles. The lowest BCUT2D eigenvalue weighted by Gasteiger charge is -2.29. The number of nitrogens with one attached hydrogen (secondary N) is 2. The summed E-state index contributed by atoms with van der Waals surface area (Å²) >= 11 is 0. The van der Waals surface area contributed by atoms with Gasteiger partial charge in [-0.2, -0.15) is 0 Å². The maximum absolute atomic E-state index is 13.8. The van der Waals surface area contributed by atoms with Crippen LogP contribution in [0, 0.1) is 0 Å². The number of carbonyl (C=O) groups excluding carboxylic acids is 2. The van der Waals surface area contributed by atoms with Gasteiger partial charge in [0, 0.05) is 35.3 Å².